The van der Waals surface area contributed by atoms with Gasteiger partial charge in [-0.1, -0.05) is 30.3 Å². The summed E-state index contributed by atoms with van der Waals surface area (Å²) < 4.78 is 11.0. The van der Waals surface area contributed by atoms with E-state index < -0.39 is 0 Å². The number of methoxy groups -OCH3 is 1. The Hall–Kier alpha value is -1.28. The smallest absolute Gasteiger partial charge is 0.0816 e. The molecule has 1 saturated carbocycles. The molecule has 0 saturated heterocycles. The van der Waals surface area contributed by atoms with Crippen LogP contribution in [0.2, 0.25) is 0 Å². The van der Waals surface area contributed by atoms with Crippen LogP contribution in [0.4, 0.5) is 0 Å². The zero-order valence-electron chi connectivity index (χ0n) is 10.4. The minimum Gasteiger partial charge on any atom is -0.504 e. The van der Waals surface area contributed by atoms with Crippen LogP contribution < -0.4 is 0 Å². The van der Waals surface area contributed by atoms with Crippen LogP contribution in [0.5, 0.6) is 0 Å². The van der Waals surface area contributed by atoms with Gasteiger partial charge in [-0.2, -0.15) is 0 Å². The molecular weight excluding hydrogens is 212 g/mol. The SMILES string of the molecule is COC=C1CCC(OCc2ccccc2)CC1. The molecule has 0 heterocycles. The van der Waals surface area contributed by atoms with Gasteiger partial charge in [0.1, 0.15) is 0 Å². The number of hydrogen-bond acceptors (Lipinski definition) is 2. The predicted octanol–water partition coefficient (Wildman–Crippen LogP) is 3.68. The average molecular weight is 232 g/mol. The van der Waals surface area contributed by atoms with Crippen molar-refractivity contribution in [2.24, 2.45) is 0 Å². The Labute approximate surface area is 103 Å². The molecule has 92 valence electrons. The van der Waals surface area contributed by atoms with Crippen molar-refractivity contribution in [2.75, 3.05) is 7.11 Å². The van der Waals surface area contributed by atoms with E-state index in [1.165, 1.54) is 11.1 Å². The van der Waals surface area contributed by atoms with Gasteiger partial charge in [-0.3, -0.25) is 0 Å². The van der Waals surface area contributed by atoms with Gasteiger partial charge < -0.3 is 9.47 Å². The number of benzene rings is 1. The molecule has 1 aromatic rings. The summed E-state index contributed by atoms with van der Waals surface area (Å²) in [5, 5.41) is 0. The van der Waals surface area contributed by atoms with Gasteiger partial charge >= 0.3 is 0 Å². The Morgan fingerprint density at radius 2 is 1.88 bits per heavy atom. The van der Waals surface area contributed by atoms with Gasteiger partial charge in [0, 0.05) is 0 Å². The van der Waals surface area contributed by atoms with Crippen molar-refractivity contribution < 1.29 is 9.47 Å². The zero-order chi connectivity index (χ0) is 11.9. The molecule has 1 aromatic carbocycles. The first-order valence-electron chi connectivity index (χ1n) is 6.24. The molecular formula is C15H20O2. The van der Waals surface area contributed by atoms with E-state index in [4.69, 9.17) is 9.47 Å². The van der Waals surface area contributed by atoms with Gasteiger partial charge in [0.2, 0.25) is 0 Å². The van der Waals surface area contributed by atoms with E-state index in [1.807, 2.05) is 12.3 Å². The van der Waals surface area contributed by atoms with E-state index in [1.54, 1.807) is 7.11 Å². The second kappa shape index (κ2) is 6.45. The van der Waals surface area contributed by atoms with Crippen LogP contribution in [0.15, 0.2) is 42.2 Å². The molecule has 0 N–H and O–H groups in total. The molecule has 0 aliphatic heterocycles. The Morgan fingerprint density at radius 3 is 2.53 bits per heavy atom. The van der Waals surface area contributed by atoms with Gasteiger partial charge in [0.25, 0.3) is 0 Å². The number of rotatable bonds is 4. The molecule has 17 heavy (non-hydrogen) atoms. The summed E-state index contributed by atoms with van der Waals surface area (Å²) in [5.41, 5.74) is 2.66. The maximum absolute atomic E-state index is 5.93. The number of ether oxygens (including phenoxy) is 2. The molecule has 0 spiro atoms. The summed E-state index contributed by atoms with van der Waals surface area (Å²) in [6, 6.07) is 10.4. The van der Waals surface area contributed by atoms with Crippen molar-refractivity contribution in [3.63, 3.8) is 0 Å². The maximum Gasteiger partial charge on any atom is 0.0816 e. The maximum atomic E-state index is 5.93. The van der Waals surface area contributed by atoms with E-state index in [-0.39, 0.29) is 0 Å². The molecule has 1 fully saturated rings. The Balaban J connectivity index is 1.74. The Bertz CT molecular complexity index is 346. The summed E-state index contributed by atoms with van der Waals surface area (Å²) >= 11 is 0. The third kappa shape index (κ3) is 3.90. The monoisotopic (exact) mass is 232 g/mol. The average Bonchev–Trinajstić information content (AvgIpc) is 2.40. The van der Waals surface area contributed by atoms with Crippen LogP contribution >= 0.6 is 0 Å². The van der Waals surface area contributed by atoms with Crippen molar-refractivity contribution in [1.82, 2.24) is 0 Å². The molecule has 0 bridgehead atoms. The van der Waals surface area contributed by atoms with E-state index in [2.05, 4.69) is 24.3 Å². The van der Waals surface area contributed by atoms with Crippen molar-refractivity contribution in [2.45, 2.75) is 38.4 Å². The van der Waals surface area contributed by atoms with Crippen molar-refractivity contribution in [1.29, 1.82) is 0 Å². The molecule has 0 atom stereocenters. The Kier molecular flexibility index (Phi) is 4.63. The Morgan fingerprint density at radius 1 is 1.18 bits per heavy atom. The molecule has 2 nitrogen and oxygen atoms in total. The van der Waals surface area contributed by atoms with Gasteiger partial charge in [-0.25, -0.2) is 0 Å². The fraction of sp³-hybridized carbons (Fsp3) is 0.467. The first-order chi connectivity index (χ1) is 8.38. The third-order valence-electron chi connectivity index (χ3n) is 3.19. The van der Waals surface area contributed by atoms with E-state index in [0.29, 0.717) is 6.10 Å². The highest BCUT2D eigenvalue weighted by Crippen LogP contribution is 2.26. The molecule has 2 rings (SSSR count). The standard InChI is InChI=1S/C15H20O2/c1-16-11-14-7-9-15(10-8-14)17-12-13-5-3-2-4-6-13/h2-6,11,15H,7-10,12H2,1H3. The largest absolute Gasteiger partial charge is 0.504 e. The highest BCUT2D eigenvalue weighted by molar-refractivity contribution is 5.13. The summed E-state index contributed by atoms with van der Waals surface area (Å²) in [4.78, 5) is 0. The summed E-state index contributed by atoms with van der Waals surface area (Å²) in [7, 11) is 1.71. The van der Waals surface area contributed by atoms with Gasteiger partial charge in [0.05, 0.1) is 26.1 Å². The van der Waals surface area contributed by atoms with Gasteiger partial charge in [-0.05, 0) is 36.8 Å². The van der Waals surface area contributed by atoms with Crippen LogP contribution in [0, 0.1) is 0 Å². The lowest BCUT2D eigenvalue weighted by Crippen LogP contribution is -2.17. The van der Waals surface area contributed by atoms with E-state index >= 15 is 0 Å². The molecule has 1 aliphatic rings. The first-order valence-corrected chi connectivity index (χ1v) is 6.24. The second-order valence-electron chi connectivity index (χ2n) is 4.51. The predicted molar refractivity (Wildman–Crippen MR) is 68.6 cm³/mol. The lowest BCUT2D eigenvalue weighted by Gasteiger charge is -2.24. The quantitative estimate of drug-likeness (QED) is 0.737. The van der Waals surface area contributed by atoms with E-state index in [0.717, 1.165) is 32.3 Å². The lowest BCUT2D eigenvalue weighted by atomic mass is 9.93. The molecule has 1 aliphatic carbocycles. The second-order valence-corrected chi connectivity index (χ2v) is 4.51. The number of allylic oxidation sites excluding steroid dienone is 1. The topological polar surface area (TPSA) is 18.5 Å². The lowest BCUT2D eigenvalue weighted by molar-refractivity contribution is 0.0231. The van der Waals surface area contributed by atoms with Crippen molar-refractivity contribution >= 4 is 0 Å². The highest BCUT2D eigenvalue weighted by atomic mass is 16.5. The fourth-order valence-corrected chi connectivity index (χ4v) is 2.20. The minimum atomic E-state index is 0.407. The zero-order valence-corrected chi connectivity index (χ0v) is 10.4. The molecule has 0 radical (unpaired) electrons. The van der Waals surface area contributed by atoms with E-state index in [9.17, 15) is 0 Å². The molecule has 2 heteroatoms. The summed E-state index contributed by atoms with van der Waals surface area (Å²) in [6.45, 7) is 0.731. The normalized spacial score (nSPS) is 20.1. The third-order valence-corrected chi connectivity index (χ3v) is 3.19. The van der Waals surface area contributed by atoms with Gasteiger partial charge in [-0.15, -0.1) is 0 Å². The van der Waals surface area contributed by atoms with Crippen molar-refractivity contribution in [3.05, 3.63) is 47.7 Å². The van der Waals surface area contributed by atoms with Crippen LogP contribution in [-0.2, 0) is 16.1 Å². The fourth-order valence-electron chi connectivity index (χ4n) is 2.20. The number of hydrogen-bond donors (Lipinski definition) is 0. The van der Waals surface area contributed by atoms with Crippen LogP contribution in [0.25, 0.3) is 0 Å². The van der Waals surface area contributed by atoms with Crippen molar-refractivity contribution in [3.8, 4) is 0 Å². The highest BCUT2D eigenvalue weighted by Gasteiger charge is 2.17. The molecule has 0 aromatic heterocycles. The summed E-state index contributed by atoms with van der Waals surface area (Å²) in [6.07, 6.45) is 6.72. The molecule has 0 unspecified atom stereocenters. The van der Waals surface area contributed by atoms with Crippen LogP contribution in [0.3, 0.4) is 0 Å². The van der Waals surface area contributed by atoms with Gasteiger partial charge in [0.15, 0.2) is 0 Å². The van der Waals surface area contributed by atoms with Crippen LogP contribution in [0.1, 0.15) is 31.2 Å². The first kappa shape index (κ1) is 12.2. The molecule has 0 amide bonds. The van der Waals surface area contributed by atoms with Crippen LogP contribution in [-0.4, -0.2) is 13.2 Å². The minimum absolute atomic E-state index is 0.407. The summed E-state index contributed by atoms with van der Waals surface area (Å²) in [5.74, 6) is 0.